The van der Waals surface area contributed by atoms with Gasteiger partial charge in [0, 0.05) is 29.1 Å². The third-order valence-electron chi connectivity index (χ3n) is 4.32. The number of piperidine rings is 1. The van der Waals surface area contributed by atoms with E-state index in [1.54, 1.807) is 11.3 Å². The molecule has 94 valence electrons. The zero-order chi connectivity index (χ0) is 11.9. The SMILES string of the molecule is c1cc(-c2cncn2C2CC3CCC(C2)N3)cs1. The average Bonchev–Trinajstić information content (AvgIpc) is 3.08. The van der Waals surface area contributed by atoms with E-state index in [0.717, 1.165) is 12.1 Å². The fraction of sp³-hybridized carbons (Fsp3) is 0.500. The maximum Gasteiger partial charge on any atom is 0.0953 e. The largest absolute Gasteiger partial charge is 0.327 e. The van der Waals surface area contributed by atoms with Gasteiger partial charge in [0.15, 0.2) is 0 Å². The number of nitrogens with zero attached hydrogens (tertiary/aromatic N) is 2. The van der Waals surface area contributed by atoms with E-state index < -0.39 is 0 Å². The van der Waals surface area contributed by atoms with E-state index in [1.807, 2.05) is 12.5 Å². The highest BCUT2D eigenvalue weighted by Gasteiger charge is 2.34. The summed E-state index contributed by atoms with van der Waals surface area (Å²) in [6.07, 6.45) is 9.23. The summed E-state index contributed by atoms with van der Waals surface area (Å²) >= 11 is 1.75. The van der Waals surface area contributed by atoms with E-state index in [-0.39, 0.29) is 0 Å². The monoisotopic (exact) mass is 259 g/mol. The van der Waals surface area contributed by atoms with Gasteiger partial charge in [0.25, 0.3) is 0 Å². The molecule has 0 aliphatic carbocycles. The molecule has 2 aromatic heterocycles. The van der Waals surface area contributed by atoms with Gasteiger partial charge < -0.3 is 9.88 Å². The highest BCUT2D eigenvalue weighted by molar-refractivity contribution is 7.08. The summed E-state index contributed by atoms with van der Waals surface area (Å²) in [5.41, 5.74) is 2.59. The highest BCUT2D eigenvalue weighted by atomic mass is 32.1. The molecular weight excluding hydrogens is 242 g/mol. The van der Waals surface area contributed by atoms with Gasteiger partial charge in [-0.15, -0.1) is 0 Å². The molecule has 4 rings (SSSR count). The molecule has 2 atom stereocenters. The Kier molecular flexibility index (Phi) is 2.52. The van der Waals surface area contributed by atoms with Crippen molar-refractivity contribution in [2.45, 2.75) is 43.8 Å². The normalized spacial score (nSPS) is 30.8. The molecule has 3 nitrogen and oxygen atoms in total. The van der Waals surface area contributed by atoms with Crippen LogP contribution in [0.5, 0.6) is 0 Å². The predicted octanol–water partition coefficient (Wildman–Crippen LogP) is 3.07. The summed E-state index contributed by atoms with van der Waals surface area (Å²) in [5.74, 6) is 0. The van der Waals surface area contributed by atoms with Gasteiger partial charge in [-0.25, -0.2) is 4.98 Å². The van der Waals surface area contributed by atoms with E-state index in [4.69, 9.17) is 0 Å². The second kappa shape index (κ2) is 4.21. The standard InChI is InChI=1S/C14H17N3S/c1-2-12-6-13(5-11(1)16-12)17-9-15-7-14(17)10-3-4-18-8-10/h3-4,7-9,11-13,16H,1-2,5-6H2. The fourth-order valence-electron chi connectivity index (χ4n) is 3.48. The van der Waals surface area contributed by atoms with Crippen LogP contribution < -0.4 is 5.32 Å². The van der Waals surface area contributed by atoms with E-state index >= 15 is 0 Å². The van der Waals surface area contributed by atoms with E-state index in [1.165, 1.54) is 36.9 Å². The van der Waals surface area contributed by atoms with Crippen LogP contribution in [-0.4, -0.2) is 21.6 Å². The lowest BCUT2D eigenvalue weighted by molar-refractivity contribution is 0.300. The first-order valence-corrected chi connectivity index (χ1v) is 7.65. The topological polar surface area (TPSA) is 29.9 Å². The third-order valence-corrected chi connectivity index (χ3v) is 5.01. The molecule has 0 radical (unpaired) electrons. The van der Waals surface area contributed by atoms with E-state index in [0.29, 0.717) is 6.04 Å². The number of thiophene rings is 1. The number of rotatable bonds is 2. The quantitative estimate of drug-likeness (QED) is 0.898. The van der Waals surface area contributed by atoms with Crippen LogP contribution in [0.25, 0.3) is 11.3 Å². The molecule has 18 heavy (non-hydrogen) atoms. The van der Waals surface area contributed by atoms with Gasteiger partial charge >= 0.3 is 0 Å². The molecule has 0 saturated carbocycles. The first-order chi connectivity index (χ1) is 8.90. The van der Waals surface area contributed by atoms with Crippen LogP contribution in [0, 0.1) is 0 Å². The molecule has 0 aromatic carbocycles. The average molecular weight is 259 g/mol. The molecular formula is C14H17N3S. The van der Waals surface area contributed by atoms with E-state index in [9.17, 15) is 0 Å². The maximum atomic E-state index is 4.37. The molecule has 2 saturated heterocycles. The van der Waals surface area contributed by atoms with Gasteiger partial charge in [0.2, 0.25) is 0 Å². The van der Waals surface area contributed by atoms with Crippen LogP contribution in [0.1, 0.15) is 31.7 Å². The smallest absolute Gasteiger partial charge is 0.0953 e. The third kappa shape index (κ3) is 1.71. The zero-order valence-electron chi connectivity index (χ0n) is 10.2. The van der Waals surface area contributed by atoms with Crippen molar-refractivity contribution in [3.63, 3.8) is 0 Å². The van der Waals surface area contributed by atoms with Crippen LogP contribution in [0.15, 0.2) is 29.4 Å². The Balaban J connectivity index is 1.67. The summed E-state index contributed by atoms with van der Waals surface area (Å²) in [4.78, 5) is 4.37. The van der Waals surface area contributed by atoms with Crippen molar-refractivity contribution < 1.29 is 0 Å². The molecule has 2 aromatic rings. The number of aromatic nitrogens is 2. The Morgan fingerprint density at radius 3 is 2.83 bits per heavy atom. The summed E-state index contributed by atoms with van der Waals surface area (Å²) in [5, 5.41) is 8.05. The Hall–Kier alpha value is -1.13. The number of hydrogen-bond donors (Lipinski definition) is 1. The Morgan fingerprint density at radius 1 is 1.28 bits per heavy atom. The van der Waals surface area contributed by atoms with Crippen molar-refractivity contribution in [3.05, 3.63) is 29.4 Å². The number of fused-ring (bicyclic) bond motifs is 2. The van der Waals surface area contributed by atoms with Crippen LogP contribution in [0.4, 0.5) is 0 Å². The van der Waals surface area contributed by atoms with Gasteiger partial charge in [-0.3, -0.25) is 0 Å². The van der Waals surface area contributed by atoms with E-state index in [2.05, 4.69) is 31.7 Å². The highest BCUT2D eigenvalue weighted by Crippen LogP contribution is 2.36. The van der Waals surface area contributed by atoms with Crippen molar-refractivity contribution in [2.75, 3.05) is 0 Å². The Morgan fingerprint density at radius 2 is 2.11 bits per heavy atom. The second-order valence-electron chi connectivity index (χ2n) is 5.46. The lowest BCUT2D eigenvalue weighted by Gasteiger charge is -2.31. The molecule has 0 amide bonds. The minimum absolute atomic E-state index is 0.626. The van der Waals surface area contributed by atoms with Gasteiger partial charge in [-0.1, -0.05) is 0 Å². The van der Waals surface area contributed by atoms with Crippen LogP contribution in [-0.2, 0) is 0 Å². The van der Waals surface area contributed by atoms with Crippen molar-refractivity contribution in [3.8, 4) is 11.3 Å². The molecule has 4 heteroatoms. The minimum atomic E-state index is 0.626. The van der Waals surface area contributed by atoms with Crippen LogP contribution in [0.3, 0.4) is 0 Å². The first kappa shape index (κ1) is 10.8. The molecule has 2 fully saturated rings. The zero-order valence-corrected chi connectivity index (χ0v) is 11.1. The first-order valence-electron chi connectivity index (χ1n) is 6.70. The van der Waals surface area contributed by atoms with Gasteiger partial charge in [-0.05, 0) is 37.1 Å². The van der Waals surface area contributed by atoms with Gasteiger partial charge in [0.1, 0.15) is 0 Å². The molecule has 4 heterocycles. The summed E-state index contributed by atoms with van der Waals surface area (Å²) in [7, 11) is 0. The molecule has 2 bridgehead atoms. The number of imidazole rings is 1. The number of hydrogen-bond acceptors (Lipinski definition) is 3. The maximum absolute atomic E-state index is 4.37. The Bertz CT molecular complexity index is 519. The molecule has 2 aliphatic rings. The van der Waals surface area contributed by atoms with Crippen molar-refractivity contribution >= 4 is 11.3 Å². The summed E-state index contributed by atoms with van der Waals surface area (Å²) in [6.45, 7) is 0. The van der Waals surface area contributed by atoms with Gasteiger partial charge in [-0.2, -0.15) is 11.3 Å². The molecule has 2 unspecified atom stereocenters. The van der Waals surface area contributed by atoms with Gasteiger partial charge in [0.05, 0.1) is 18.2 Å². The predicted molar refractivity (Wildman–Crippen MR) is 73.8 cm³/mol. The second-order valence-corrected chi connectivity index (χ2v) is 6.24. The Labute approximate surface area is 111 Å². The fourth-order valence-corrected chi connectivity index (χ4v) is 4.13. The minimum Gasteiger partial charge on any atom is -0.327 e. The lowest BCUT2D eigenvalue weighted by Crippen LogP contribution is -2.38. The van der Waals surface area contributed by atoms with Crippen molar-refractivity contribution in [1.29, 1.82) is 0 Å². The number of nitrogens with one attached hydrogen (secondary N) is 1. The summed E-state index contributed by atoms with van der Waals surface area (Å²) in [6, 6.07) is 4.27. The molecule has 0 spiro atoms. The summed E-state index contributed by atoms with van der Waals surface area (Å²) < 4.78 is 2.40. The van der Waals surface area contributed by atoms with Crippen LogP contribution >= 0.6 is 11.3 Å². The van der Waals surface area contributed by atoms with Crippen molar-refractivity contribution in [1.82, 2.24) is 14.9 Å². The van der Waals surface area contributed by atoms with Crippen molar-refractivity contribution in [2.24, 2.45) is 0 Å². The lowest BCUT2D eigenvalue weighted by atomic mass is 9.99. The molecule has 1 N–H and O–H groups in total. The van der Waals surface area contributed by atoms with Crippen LogP contribution in [0.2, 0.25) is 0 Å². The molecule has 2 aliphatic heterocycles.